The molecule has 2 aromatic heterocycles. The Morgan fingerprint density at radius 3 is 1.41 bits per heavy atom. The number of nitrogens with zero attached hydrogens (tertiary/aromatic N) is 8. The fourth-order valence-corrected chi connectivity index (χ4v) is 22.0. The summed E-state index contributed by atoms with van der Waals surface area (Å²) in [6.45, 7) is 4.57. The summed E-state index contributed by atoms with van der Waals surface area (Å²) in [6, 6.07) is 23.2. The predicted octanol–water partition coefficient (Wildman–Crippen LogP) is 11.5. The van der Waals surface area contributed by atoms with Crippen molar-refractivity contribution in [1.82, 2.24) is 39.0 Å². The van der Waals surface area contributed by atoms with Crippen molar-refractivity contribution in [2.24, 2.45) is 49.6 Å². The first kappa shape index (κ1) is 67.0. The standard InChI is InChI=1S/2C37H44ClN5O5S/c2*1-42-23-39-35(40-42)20-47-32-8-2-5-24-6-3-9-34(24)49(45,46)41-36(44)26-11-15-33-31(18-26)43(19-27-10-13-29(27)32)21-37(22-48-33)16-4-7-25-17-28(38)12-14-30(25)37/h2*2,8,11-12,14-15,17-18,23-24,27,29,32,34H,3-7,9-10,13,16,19-22H2,1H3,(H,41,44)/b2*8-2+/t24-,27+,29-,32+,34-,37+;24-,27-,29+,32-,34-,37-/m10/s1. The maximum absolute atomic E-state index is 13.7. The number of aryl methyl sites for hydroxylation is 4. The quantitative estimate of drug-likeness (QED) is 0.148. The molecule has 12 atom stereocenters. The molecule has 520 valence electrons. The van der Waals surface area contributed by atoms with Crippen LogP contribution in [-0.4, -0.2) is 120 Å². The summed E-state index contributed by atoms with van der Waals surface area (Å²) in [5.74, 6) is 2.60. The van der Waals surface area contributed by atoms with E-state index in [1.165, 1.54) is 22.3 Å². The van der Waals surface area contributed by atoms with Crippen molar-refractivity contribution in [3.05, 3.63) is 165 Å². The second-order valence-corrected chi connectivity index (χ2v) is 34.2. The number of aromatic nitrogens is 6. The SMILES string of the molecule is Cn1cnc(CO[C@H]2/C=C/C[C@@H]3CCC[C@H]3S(=O)(=O)NC(=O)c3ccc4c(c3)N(C[C@@H]3CC[C@H]32)C[C@@]2(CCCc3cc(Cl)ccc32)CO4)n1.Cn1cnc(CO[C@H]2/C=C/C[C@H]3CCC[C@@H]3S(=O)(=O)NC(=O)c3ccc4c(c3)N(C[C@@H]3CC[C@H]32)C[C@@]2(CCCc3cc(Cl)ccc32)CO4)n1. The van der Waals surface area contributed by atoms with Crippen LogP contribution in [0.5, 0.6) is 11.5 Å². The number of ether oxygens (including phenoxy) is 4. The minimum absolute atomic E-state index is 0.0647. The van der Waals surface area contributed by atoms with E-state index >= 15 is 0 Å². The third-order valence-corrected chi connectivity index (χ3v) is 27.6. The number of allylic oxidation sites excluding steroid dienone is 2. The van der Waals surface area contributed by atoms with Gasteiger partial charge in [0, 0.05) is 72.3 Å². The van der Waals surface area contributed by atoms with Crippen molar-refractivity contribution < 1.29 is 45.4 Å². The lowest BCUT2D eigenvalue weighted by Crippen LogP contribution is -2.49. The van der Waals surface area contributed by atoms with E-state index in [1.807, 2.05) is 50.5 Å². The minimum atomic E-state index is -3.89. The molecule has 16 rings (SSSR count). The van der Waals surface area contributed by atoms with E-state index in [0.717, 1.165) is 124 Å². The van der Waals surface area contributed by atoms with E-state index in [2.05, 4.69) is 88.0 Å². The van der Waals surface area contributed by atoms with Gasteiger partial charge in [0.1, 0.15) is 37.4 Å². The van der Waals surface area contributed by atoms with Crippen molar-refractivity contribution in [3.8, 4) is 11.5 Å². The molecular weight excluding hydrogens is 1320 g/mol. The van der Waals surface area contributed by atoms with E-state index in [0.29, 0.717) is 111 Å². The number of hydrogen-bond donors (Lipinski definition) is 2. The highest BCUT2D eigenvalue weighted by Crippen LogP contribution is 2.50. The normalized spacial score (nSPS) is 31.3. The van der Waals surface area contributed by atoms with Crippen LogP contribution in [0.2, 0.25) is 10.0 Å². The monoisotopic (exact) mass is 1410 g/mol. The van der Waals surface area contributed by atoms with Gasteiger partial charge in [-0.3, -0.25) is 19.0 Å². The maximum atomic E-state index is 13.7. The smallest absolute Gasteiger partial charge is 0.264 e. The van der Waals surface area contributed by atoms with Gasteiger partial charge in [0.05, 0.1) is 47.3 Å². The van der Waals surface area contributed by atoms with Gasteiger partial charge >= 0.3 is 0 Å². The Morgan fingerprint density at radius 1 is 0.551 bits per heavy atom. The highest BCUT2D eigenvalue weighted by molar-refractivity contribution is 7.91. The lowest BCUT2D eigenvalue weighted by molar-refractivity contribution is -0.0249. The number of anilines is 2. The third kappa shape index (κ3) is 13.7. The molecule has 2 N–H and O–H groups in total. The molecule has 2 amide bonds. The summed E-state index contributed by atoms with van der Waals surface area (Å²) in [5, 5.41) is 9.10. The van der Waals surface area contributed by atoms with Gasteiger partial charge in [-0.15, -0.1) is 0 Å². The van der Waals surface area contributed by atoms with Crippen molar-refractivity contribution in [2.75, 3.05) is 49.2 Å². The number of amides is 2. The predicted molar refractivity (Wildman–Crippen MR) is 375 cm³/mol. The second-order valence-electron chi connectivity index (χ2n) is 29.5. The Morgan fingerprint density at radius 2 is 1.00 bits per heavy atom. The molecular formula is C74H88Cl2N10O10S2. The van der Waals surface area contributed by atoms with Gasteiger partial charge in [-0.25, -0.2) is 36.2 Å². The molecule has 0 radical (unpaired) electrons. The number of benzene rings is 4. The van der Waals surface area contributed by atoms with Crippen LogP contribution in [0.4, 0.5) is 11.4 Å². The molecule has 24 heteroatoms. The van der Waals surface area contributed by atoms with E-state index in [1.54, 1.807) is 34.2 Å². The fraction of sp³-hybridized carbons (Fsp3) is 0.541. The molecule has 0 unspecified atom stereocenters. The van der Waals surface area contributed by atoms with Gasteiger partial charge in [0.15, 0.2) is 11.6 Å². The first-order valence-corrected chi connectivity index (χ1v) is 39.2. The molecule has 4 aliphatic heterocycles. The third-order valence-electron chi connectivity index (χ3n) is 23.4. The van der Waals surface area contributed by atoms with Gasteiger partial charge in [-0.05, 0) is 221 Å². The number of carbonyl (C=O) groups excluding carboxylic acids is 2. The summed E-state index contributed by atoms with van der Waals surface area (Å²) in [7, 11) is -4.09. The summed E-state index contributed by atoms with van der Waals surface area (Å²) >= 11 is 12.9. The maximum Gasteiger partial charge on any atom is 0.264 e. The van der Waals surface area contributed by atoms with Crippen LogP contribution in [0, 0.1) is 35.5 Å². The largest absolute Gasteiger partial charge is 0.490 e. The molecule has 4 saturated carbocycles. The van der Waals surface area contributed by atoms with Crippen molar-refractivity contribution in [1.29, 1.82) is 0 Å². The average Bonchev–Trinajstić information content (AvgIpc) is 1.48. The van der Waals surface area contributed by atoms with E-state index in [-0.39, 0.29) is 46.7 Å². The first-order valence-electron chi connectivity index (χ1n) is 35.3. The molecule has 20 nitrogen and oxygen atoms in total. The van der Waals surface area contributed by atoms with Crippen LogP contribution in [0.15, 0.2) is 110 Å². The lowest BCUT2D eigenvalue weighted by Gasteiger charge is -2.46. The Kier molecular flexibility index (Phi) is 18.9. The number of hydrogen-bond acceptors (Lipinski definition) is 16. The van der Waals surface area contributed by atoms with Crippen molar-refractivity contribution in [2.45, 2.75) is 162 Å². The topological polar surface area (TPSA) is 231 Å². The number of nitrogens with one attached hydrogen (secondary N) is 2. The molecule has 98 heavy (non-hydrogen) atoms. The molecule has 4 bridgehead atoms. The molecule has 6 aromatic rings. The number of rotatable bonds is 6. The highest BCUT2D eigenvalue weighted by Gasteiger charge is 2.48. The zero-order valence-corrected chi connectivity index (χ0v) is 58.9. The summed E-state index contributed by atoms with van der Waals surface area (Å²) < 4.78 is 89.4. The first-order chi connectivity index (χ1) is 47.3. The molecule has 4 aromatic carbocycles. The number of fused-ring (bicyclic) bond motifs is 10. The van der Waals surface area contributed by atoms with Gasteiger partial charge in [0.25, 0.3) is 11.8 Å². The molecule has 10 aliphatic rings. The summed E-state index contributed by atoms with van der Waals surface area (Å²) in [5.41, 5.74) is 6.84. The van der Waals surface area contributed by atoms with E-state index in [4.69, 9.17) is 42.1 Å². The molecule has 6 aliphatic carbocycles. The van der Waals surface area contributed by atoms with Gasteiger partial charge in [0.2, 0.25) is 20.0 Å². The van der Waals surface area contributed by atoms with Crippen LogP contribution in [0.1, 0.15) is 157 Å². The summed E-state index contributed by atoms with van der Waals surface area (Å²) in [4.78, 5) is 40.8. The molecule has 6 heterocycles. The number of carbonyl (C=O) groups is 2. The fourth-order valence-electron chi connectivity index (χ4n) is 18.1. The highest BCUT2D eigenvalue weighted by atomic mass is 35.5. The minimum Gasteiger partial charge on any atom is -0.490 e. The zero-order valence-electron chi connectivity index (χ0n) is 55.8. The second kappa shape index (κ2) is 27.6. The zero-order chi connectivity index (χ0) is 67.5. The molecule has 2 spiro atoms. The number of halogens is 2. The van der Waals surface area contributed by atoms with Crippen LogP contribution in [0.3, 0.4) is 0 Å². The van der Waals surface area contributed by atoms with Crippen LogP contribution in [0.25, 0.3) is 0 Å². The Hall–Kier alpha value is -6.82. The van der Waals surface area contributed by atoms with Crippen LogP contribution < -0.4 is 28.7 Å². The Bertz CT molecular complexity index is 4030. The Balaban J connectivity index is 0.000000160. The summed E-state index contributed by atoms with van der Waals surface area (Å²) in [6.07, 6.45) is 27.3. The van der Waals surface area contributed by atoms with E-state index < -0.39 is 42.4 Å². The lowest BCUT2D eigenvalue weighted by atomic mass is 9.68. The van der Waals surface area contributed by atoms with E-state index in [9.17, 15) is 26.4 Å². The van der Waals surface area contributed by atoms with Crippen LogP contribution in [-0.2, 0) is 80.5 Å². The van der Waals surface area contributed by atoms with Crippen LogP contribution >= 0.6 is 23.2 Å². The van der Waals surface area contributed by atoms with Crippen molar-refractivity contribution in [3.63, 3.8) is 0 Å². The van der Waals surface area contributed by atoms with Crippen molar-refractivity contribution >= 4 is 66.4 Å². The van der Waals surface area contributed by atoms with Gasteiger partial charge in [-0.1, -0.05) is 72.5 Å². The Labute approximate surface area is 584 Å². The van der Waals surface area contributed by atoms with Gasteiger partial charge < -0.3 is 28.7 Å². The number of sulfonamides is 2. The average molecular weight is 1410 g/mol. The molecule has 4 fully saturated rings. The van der Waals surface area contributed by atoms with Gasteiger partial charge in [-0.2, -0.15) is 10.2 Å². The molecule has 0 saturated heterocycles.